The number of rotatable bonds is 2. The van der Waals surface area contributed by atoms with Crippen molar-refractivity contribution in [1.82, 2.24) is 24.6 Å². The summed E-state index contributed by atoms with van der Waals surface area (Å²) in [6.45, 7) is 3.35. The number of hydrogen-bond donors (Lipinski definition) is 1. The first-order chi connectivity index (χ1) is 10.6. The van der Waals surface area contributed by atoms with Gasteiger partial charge in [0.1, 0.15) is 5.82 Å². The number of aromatic amines is 1. The van der Waals surface area contributed by atoms with Crippen molar-refractivity contribution in [3.63, 3.8) is 0 Å². The zero-order chi connectivity index (χ0) is 15.7. The summed E-state index contributed by atoms with van der Waals surface area (Å²) >= 11 is 5.17. The molecular weight excluding hydrogens is 298 g/mol. The van der Waals surface area contributed by atoms with Crippen LogP contribution in [-0.2, 0) is 7.05 Å². The minimum Gasteiger partial charge on any atom is -0.338 e. The Labute approximate surface area is 134 Å². The van der Waals surface area contributed by atoms with Gasteiger partial charge in [0.25, 0.3) is 5.91 Å². The van der Waals surface area contributed by atoms with Crippen molar-refractivity contribution < 1.29 is 4.79 Å². The van der Waals surface area contributed by atoms with E-state index in [1.807, 2.05) is 35.6 Å². The number of carbonyl (C=O) groups is 1. The molecule has 0 aromatic carbocycles. The lowest BCUT2D eigenvalue weighted by molar-refractivity contribution is 0.0703. The van der Waals surface area contributed by atoms with E-state index in [2.05, 4.69) is 15.2 Å². The molecule has 1 saturated heterocycles. The lowest BCUT2D eigenvalue weighted by Crippen LogP contribution is -2.39. The molecule has 3 rings (SSSR count). The van der Waals surface area contributed by atoms with E-state index in [1.54, 1.807) is 6.20 Å². The van der Waals surface area contributed by atoms with Gasteiger partial charge in [-0.3, -0.25) is 14.9 Å². The van der Waals surface area contributed by atoms with Crippen LogP contribution >= 0.6 is 12.2 Å². The first kappa shape index (κ1) is 14.9. The van der Waals surface area contributed by atoms with Crippen molar-refractivity contribution in [3.8, 4) is 0 Å². The van der Waals surface area contributed by atoms with E-state index in [-0.39, 0.29) is 11.8 Å². The molecule has 1 unspecified atom stereocenters. The summed E-state index contributed by atoms with van der Waals surface area (Å²) in [5.41, 5.74) is 1.55. The number of pyridine rings is 1. The van der Waals surface area contributed by atoms with Gasteiger partial charge < -0.3 is 9.47 Å². The number of aryl methyl sites for hydroxylation is 1. The van der Waals surface area contributed by atoms with Crippen molar-refractivity contribution in [1.29, 1.82) is 0 Å². The van der Waals surface area contributed by atoms with Gasteiger partial charge in [-0.15, -0.1) is 0 Å². The number of nitrogens with zero attached hydrogens (tertiary/aromatic N) is 4. The Bertz CT molecular complexity index is 733. The van der Waals surface area contributed by atoms with Crippen LogP contribution in [0.3, 0.4) is 0 Å². The van der Waals surface area contributed by atoms with Gasteiger partial charge in [0.15, 0.2) is 4.77 Å². The average molecular weight is 317 g/mol. The summed E-state index contributed by atoms with van der Waals surface area (Å²) < 4.78 is 2.50. The summed E-state index contributed by atoms with van der Waals surface area (Å²) in [4.78, 5) is 18.7. The third-order valence-corrected chi connectivity index (χ3v) is 4.51. The second-order valence-electron chi connectivity index (χ2n) is 5.72. The molecule has 0 bridgehead atoms. The Morgan fingerprint density at radius 2 is 2.27 bits per heavy atom. The van der Waals surface area contributed by atoms with Crippen LogP contribution in [0, 0.1) is 11.7 Å². The molecule has 1 atom stereocenters. The molecule has 7 heteroatoms. The van der Waals surface area contributed by atoms with Crippen molar-refractivity contribution in [2.45, 2.75) is 25.7 Å². The first-order valence-electron chi connectivity index (χ1n) is 7.39. The maximum absolute atomic E-state index is 12.6. The normalized spacial score (nSPS) is 18.5. The third kappa shape index (κ3) is 2.81. The van der Waals surface area contributed by atoms with Gasteiger partial charge in [0.2, 0.25) is 0 Å². The Hall–Kier alpha value is -2.02. The van der Waals surface area contributed by atoms with Gasteiger partial charge >= 0.3 is 0 Å². The third-order valence-electron chi connectivity index (χ3n) is 4.15. The average Bonchev–Trinajstić information content (AvgIpc) is 2.87. The zero-order valence-electron chi connectivity index (χ0n) is 12.7. The summed E-state index contributed by atoms with van der Waals surface area (Å²) in [6.07, 6.45) is 3.63. The molecule has 1 amide bonds. The summed E-state index contributed by atoms with van der Waals surface area (Å²) in [5.74, 6) is 1.17. The SMILES string of the molecule is Cc1ccc(C(=O)N2CCCC(c3n[nH]c(=S)n3C)C2)cn1. The van der Waals surface area contributed by atoms with Crippen LogP contribution in [0.2, 0.25) is 0 Å². The molecule has 116 valence electrons. The van der Waals surface area contributed by atoms with Crippen LogP contribution in [0.15, 0.2) is 18.3 Å². The molecule has 0 aliphatic carbocycles. The number of carbonyl (C=O) groups excluding carboxylic acids is 1. The van der Waals surface area contributed by atoms with Crippen LogP contribution in [0.5, 0.6) is 0 Å². The van der Waals surface area contributed by atoms with Crippen LogP contribution < -0.4 is 0 Å². The number of likely N-dealkylation sites (tertiary alicyclic amines) is 1. The first-order valence-corrected chi connectivity index (χ1v) is 7.80. The largest absolute Gasteiger partial charge is 0.338 e. The molecule has 1 aliphatic rings. The molecule has 2 aromatic heterocycles. The Morgan fingerprint density at radius 1 is 1.45 bits per heavy atom. The number of nitrogens with one attached hydrogen (secondary N) is 1. The van der Waals surface area contributed by atoms with E-state index in [0.717, 1.165) is 30.9 Å². The van der Waals surface area contributed by atoms with Crippen molar-refractivity contribution >= 4 is 18.1 Å². The Morgan fingerprint density at radius 3 is 2.91 bits per heavy atom. The van der Waals surface area contributed by atoms with E-state index in [0.29, 0.717) is 16.9 Å². The molecule has 1 fully saturated rings. The number of H-pyrrole nitrogens is 1. The topological polar surface area (TPSA) is 66.8 Å². The summed E-state index contributed by atoms with van der Waals surface area (Å²) in [6, 6.07) is 3.70. The quantitative estimate of drug-likeness (QED) is 0.862. The number of hydrogen-bond acceptors (Lipinski definition) is 4. The Kier molecular flexibility index (Phi) is 4.06. The van der Waals surface area contributed by atoms with E-state index < -0.39 is 0 Å². The molecule has 3 heterocycles. The second-order valence-corrected chi connectivity index (χ2v) is 6.11. The highest BCUT2D eigenvalue weighted by atomic mass is 32.1. The molecule has 1 aliphatic heterocycles. The van der Waals surface area contributed by atoms with Gasteiger partial charge in [-0.25, -0.2) is 0 Å². The Balaban J connectivity index is 1.78. The highest BCUT2D eigenvalue weighted by Gasteiger charge is 2.28. The fourth-order valence-electron chi connectivity index (χ4n) is 2.87. The second kappa shape index (κ2) is 6.00. The molecule has 6 nitrogen and oxygen atoms in total. The predicted octanol–water partition coefficient (Wildman–Crippen LogP) is 2.20. The highest BCUT2D eigenvalue weighted by Crippen LogP contribution is 2.26. The summed E-state index contributed by atoms with van der Waals surface area (Å²) in [7, 11) is 1.91. The van der Waals surface area contributed by atoms with Crippen LogP contribution in [0.4, 0.5) is 0 Å². The maximum atomic E-state index is 12.6. The van der Waals surface area contributed by atoms with Crippen molar-refractivity contribution in [2.24, 2.45) is 7.05 Å². The molecule has 0 spiro atoms. The monoisotopic (exact) mass is 317 g/mol. The fraction of sp³-hybridized carbons (Fsp3) is 0.467. The lowest BCUT2D eigenvalue weighted by Gasteiger charge is -2.32. The summed E-state index contributed by atoms with van der Waals surface area (Å²) in [5, 5.41) is 7.13. The molecule has 0 radical (unpaired) electrons. The lowest BCUT2D eigenvalue weighted by atomic mass is 9.96. The van der Waals surface area contributed by atoms with Gasteiger partial charge in [0, 0.05) is 37.9 Å². The smallest absolute Gasteiger partial charge is 0.255 e. The van der Waals surface area contributed by atoms with Crippen LogP contribution in [0.1, 0.15) is 40.6 Å². The minimum atomic E-state index is 0.0361. The number of piperidine rings is 1. The number of aromatic nitrogens is 4. The van der Waals surface area contributed by atoms with Crippen LogP contribution in [0.25, 0.3) is 0 Å². The molecule has 1 N–H and O–H groups in total. The van der Waals surface area contributed by atoms with Crippen molar-refractivity contribution in [3.05, 3.63) is 40.2 Å². The molecule has 0 saturated carbocycles. The van der Waals surface area contributed by atoms with E-state index in [4.69, 9.17) is 12.2 Å². The highest BCUT2D eigenvalue weighted by molar-refractivity contribution is 7.71. The fourth-order valence-corrected chi connectivity index (χ4v) is 3.01. The van der Waals surface area contributed by atoms with Gasteiger partial charge in [-0.2, -0.15) is 5.10 Å². The van der Waals surface area contributed by atoms with E-state index in [9.17, 15) is 4.79 Å². The number of amides is 1. The minimum absolute atomic E-state index is 0.0361. The van der Waals surface area contributed by atoms with Crippen molar-refractivity contribution in [2.75, 3.05) is 13.1 Å². The molecule has 22 heavy (non-hydrogen) atoms. The van der Waals surface area contributed by atoms with Gasteiger partial charge in [-0.1, -0.05) is 0 Å². The van der Waals surface area contributed by atoms with Gasteiger partial charge in [0.05, 0.1) is 5.56 Å². The molecule has 2 aromatic rings. The molecular formula is C15H19N5OS. The maximum Gasteiger partial charge on any atom is 0.255 e. The van der Waals surface area contributed by atoms with E-state index >= 15 is 0 Å². The predicted molar refractivity (Wildman–Crippen MR) is 85.2 cm³/mol. The van der Waals surface area contributed by atoms with E-state index in [1.165, 1.54) is 0 Å². The zero-order valence-corrected chi connectivity index (χ0v) is 13.6. The van der Waals surface area contributed by atoms with Gasteiger partial charge in [-0.05, 0) is 44.1 Å². The van der Waals surface area contributed by atoms with Crippen LogP contribution in [-0.4, -0.2) is 43.6 Å². The standard InChI is InChI=1S/C15H19N5OS/c1-10-5-6-11(8-16-10)14(21)20-7-3-4-12(9-20)13-17-18-15(22)19(13)2/h5-6,8,12H,3-4,7,9H2,1-2H3,(H,18,22).